The van der Waals surface area contributed by atoms with Crippen LogP contribution < -0.4 is 4.90 Å². The summed E-state index contributed by atoms with van der Waals surface area (Å²) in [5.41, 5.74) is 3.61. The van der Waals surface area contributed by atoms with Gasteiger partial charge in [0, 0.05) is 44.3 Å². The summed E-state index contributed by atoms with van der Waals surface area (Å²) in [7, 11) is 4.02. The summed E-state index contributed by atoms with van der Waals surface area (Å²) in [5, 5.41) is 17.5. The Morgan fingerprint density at radius 2 is 1.25 bits per heavy atom. The number of carbonyl (C=O) groups excluding carboxylic acids is 5. The summed E-state index contributed by atoms with van der Waals surface area (Å²) in [6, 6.07) is 3.94. The van der Waals surface area contributed by atoms with Gasteiger partial charge in [-0.2, -0.15) is 0 Å². The van der Waals surface area contributed by atoms with Gasteiger partial charge in [-0.05, 0) is 72.3 Å². The van der Waals surface area contributed by atoms with Gasteiger partial charge in [0.15, 0.2) is 0 Å². The number of esters is 5. The maximum atomic E-state index is 11.9. The van der Waals surface area contributed by atoms with Crippen molar-refractivity contribution in [1.29, 1.82) is 0 Å². The van der Waals surface area contributed by atoms with Gasteiger partial charge in [0.25, 0.3) is 0 Å². The van der Waals surface area contributed by atoms with E-state index in [4.69, 9.17) is 9.84 Å². The Labute approximate surface area is 377 Å². The van der Waals surface area contributed by atoms with Crippen molar-refractivity contribution in [1.82, 2.24) is 4.98 Å². The predicted octanol–water partition coefficient (Wildman–Crippen LogP) is 8.88. The van der Waals surface area contributed by atoms with Crippen molar-refractivity contribution >= 4 is 41.5 Å². The lowest BCUT2D eigenvalue weighted by atomic mass is 9.72. The number of aliphatic hydroxyl groups is 1. The number of pyridine rings is 1. The lowest BCUT2D eigenvalue weighted by Crippen LogP contribution is -2.24. The molecule has 2 unspecified atom stereocenters. The Morgan fingerprint density at radius 3 is 1.63 bits per heavy atom. The molecule has 1 aromatic rings. The first-order valence-corrected chi connectivity index (χ1v) is 21.1. The molecule has 0 bridgehead atoms. The third kappa shape index (κ3) is 33.2. The largest absolute Gasteiger partial charge is 0.481 e. The number of carboxylic acid groups (broad SMARTS) is 1. The van der Waals surface area contributed by atoms with Gasteiger partial charge in [-0.25, -0.2) is 9.59 Å². The number of aromatic nitrogens is 1. The molecule has 2 N–H and O–H groups in total. The number of carbonyl (C=O) groups is 6. The Bertz CT molecular complexity index is 1650. The molecular weight excluding hydrogens is 809 g/mol. The summed E-state index contributed by atoms with van der Waals surface area (Å²) in [4.78, 5) is 72.8. The molecule has 1 aromatic heterocycles. The van der Waals surface area contributed by atoms with Gasteiger partial charge in [-0.3, -0.25) is 24.2 Å². The van der Waals surface area contributed by atoms with Crippen LogP contribution in [-0.4, -0.2) is 91.5 Å². The number of anilines is 1. The second kappa shape index (κ2) is 29.3. The Balaban J connectivity index is 0. The fourth-order valence-corrected chi connectivity index (χ4v) is 7.58. The molecule has 0 aromatic carbocycles. The summed E-state index contributed by atoms with van der Waals surface area (Å²) < 4.78 is 18.5. The zero-order valence-electron chi connectivity index (χ0n) is 40.3. The van der Waals surface area contributed by atoms with Crippen molar-refractivity contribution in [3.8, 4) is 0 Å². The second-order valence-electron chi connectivity index (χ2n) is 19.8. The summed E-state index contributed by atoms with van der Waals surface area (Å²) >= 11 is 0. The van der Waals surface area contributed by atoms with Gasteiger partial charge in [0.1, 0.15) is 19.8 Å². The maximum absolute atomic E-state index is 11.9. The highest BCUT2D eigenvalue weighted by Gasteiger charge is 2.35. The number of hydrogen-bond donors (Lipinski definition) is 2. The van der Waals surface area contributed by atoms with Gasteiger partial charge in [-0.1, -0.05) is 107 Å². The van der Waals surface area contributed by atoms with Gasteiger partial charge >= 0.3 is 35.8 Å². The number of rotatable bonds is 21. The highest BCUT2D eigenvalue weighted by Crippen LogP contribution is 2.40. The van der Waals surface area contributed by atoms with Crippen LogP contribution in [0.4, 0.5) is 5.69 Å². The molecular formula is C49H78N2O12. The molecule has 1 saturated heterocycles. The molecule has 0 amide bonds. The van der Waals surface area contributed by atoms with Crippen molar-refractivity contribution < 1.29 is 57.9 Å². The van der Waals surface area contributed by atoms with E-state index in [9.17, 15) is 33.9 Å². The third-order valence-corrected chi connectivity index (χ3v) is 8.71. The normalized spacial score (nSPS) is 14.0. The van der Waals surface area contributed by atoms with Crippen LogP contribution in [0.25, 0.3) is 0 Å². The van der Waals surface area contributed by atoms with E-state index < -0.39 is 35.8 Å². The molecule has 0 radical (unpaired) electrons. The molecule has 14 nitrogen and oxygen atoms in total. The number of aliphatic hydroxyl groups excluding tert-OH is 1. The minimum absolute atomic E-state index is 0.00603. The summed E-state index contributed by atoms with van der Waals surface area (Å²) in [6.45, 7) is 36.1. The molecule has 2 rings (SSSR count). The fraction of sp³-hybridized carbons (Fsp3) is 0.612. The number of hydrogen-bond acceptors (Lipinski definition) is 13. The average molecular weight is 887 g/mol. The van der Waals surface area contributed by atoms with Crippen molar-refractivity contribution in [3.05, 3.63) is 74.1 Å². The second-order valence-corrected chi connectivity index (χ2v) is 19.8. The topological polar surface area (TPSA) is 196 Å². The smallest absolute Gasteiger partial charge is 0.330 e. The zero-order valence-corrected chi connectivity index (χ0v) is 40.3. The summed E-state index contributed by atoms with van der Waals surface area (Å²) in [5.74, 6) is -4.80. The first-order valence-electron chi connectivity index (χ1n) is 21.1. The number of ether oxygens (including phenoxy) is 4. The molecule has 0 saturated carbocycles. The molecule has 0 aliphatic carbocycles. The maximum Gasteiger partial charge on any atom is 0.330 e. The van der Waals surface area contributed by atoms with E-state index >= 15 is 0 Å². The Kier molecular flexibility index (Phi) is 27.9. The van der Waals surface area contributed by atoms with Gasteiger partial charge in [0.05, 0.1) is 31.3 Å². The Morgan fingerprint density at radius 1 is 0.794 bits per heavy atom. The highest BCUT2D eigenvalue weighted by atomic mass is 16.6. The van der Waals surface area contributed by atoms with Crippen LogP contribution >= 0.6 is 0 Å². The number of cyclic esters (lactones) is 2. The van der Waals surface area contributed by atoms with Gasteiger partial charge in [0.2, 0.25) is 0 Å². The Hall–Kier alpha value is -5.11. The van der Waals surface area contributed by atoms with Crippen molar-refractivity contribution in [2.45, 2.75) is 121 Å². The molecule has 1 aliphatic heterocycles. The quantitative estimate of drug-likeness (QED) is 0.0297. The van der Waals surface area contributed by atoms with Gasteiger partial charge in [-0.15, -0.1) is 0 Å². The van der Waals surface area contributed by atoms with Crippen molar-refractivity contribution in [2.24, 2.45) is 33.5 Å². The number of aliphatic carboxylic acids is 1. The minimum Gasteiger partial charge on any atom is -0.481 e. The van der Waals surface area contributed by atoms with Crippen LogP contribution in [0.2, 0.25) is 0 Å². The average Bonchev–Trinajstić information content (AvgIpc) is 3.45. The first-order chi connectivity index (χ1) is 28.9. The van der Waals surface area contributed by atoms with E-state index in [1.54, 1.807) is 12.4 Å². The summed E-state index contributed by atoms with van der Waals surface area (Å²) in [6.07, 6.45) is 10.0. The molecule has 1 fully saturated rings. The lowest BCUT2D eigenvalue weighted by molar-refractivity contribution is -0.154. The fourth-order valence-electron chi connectivity index (χ4n) is 7.58. The first kappa shape index (κ1) is 60.0. The SMILES string of the molecule is C=C(CC1CC(=O)OC1=O)CC(C)(C)CC(C)(C)C.C=CC(=O)OCCO.C=CC(=O)OCCOC(=O)CC(CC(=C)CC(C)(C)CC(C)(C)C)C(=O)O.CN(C)c1ccncc1. The minimum atomic E-state index is -1.06. The van der Waals surface area contributed by atoms with Crippen LogP contribution in [0.1, 0.15) is 121 Å². The number of nitrogens with zero attached hydrogens (tertiary/aromatic N) is 2. The standard InChI is InChI=1S/C21H34O6.C16H26O3.C7H10N2.C5H8O3/c1-8-17(22)26-9-10-27-18(23)12-16(19(24)25)11-15(2)13-21(6,7)14-20(3,4)5;1-11(7-12-8-13(17)19-14(12)18)9-16(5,6)10-15(2,3)4;1-9(2)7-3-5-8-6-4-7;1-2-5(7)8-4-3-6/h8,16H,1-2,9-14H2,3-7H3,(H,24,25);12H,1,7-10H2,2-6H3;3-6H,1-2H3;2,6H,1,3-4H2. The van der Waals surface area contributed by atoms with Crippen molar-refractivity contribution in [3.63, 3.8) is 0 Å². The number of carboxylic acids is 1. The van der Waals surface area contributed by atoms with Crippen LogP contribution in [0.15, 0.2) is 74.1 Å². The molecule has 356 valence electrons. The lowest BCUT2D eigenvalue weighted by Gasteiger charge is -2.33. The monoisotopic (exact) mass is 887 g/mol. The third-order valence-electron chi connectivity index (χ3n) is 8.71. The number of allylic oxidation sites excluding steroid dienone is 2. The van der Waals surface area contributed by atoms with E-state index in [0.29, 0.717) is 12.8 Å². The molecule has 0 spiro atoms. The van der Waals surface area contributed by atoms with E-state index in [1.165, 1.54) is 5.69 Å². The molecule has 1 aliphatic rings. The predicted molar refractivity (Wildman–Crippen MR) is 246 cm³/mol. The van der Waals surface area contributed by atoms with Crippen LogP contribution in [-0.2, 0) is 47.7 Å². The van der Waals surface area contributed by atoms with E-state index in [2.05, 4.69) is 115 Å². The van der Waals surface area contributed by atoms with Crippen LogP contribution in [0.5, 0.6) is 0 Å². The molecule has 2 heterocycles. The van der Waals surface area contributed by atoms with Crippen LogP contribution in [0.3, 0.4) is 0 Å². The molecule has 2 atom stereocenters. The van der Waals surface area contributed by atoms with Crippen molar-refractivity contribution in [2.75, 3.05) is 45.4 Å². The van der Waals surface area contributed by atoms with Gasteiger partial charge < -0.3 is 34.1 Å². The zero-order chi connectivity index (χ0) is 49.2. The molecule has 14 heteroatoms. The van der Waals surface area contributed by atoms with E-state index in [-0.39, 0.29) is 79.2 Å². The van der Waals surface area contributed by atoms with Crippen LogP contribution in [0, 0.1) is 33.5 Å². The van der Waals surface area contributed by atoms with E-state index in [1.807, 2.05) is 31.1 Å². The van der Waals surface area contributed by atoms with E-state index in [0.717, 1.165) is 42.6 Å². The highest BCUT2D eigenvalue weighted by molar-refractivity contribution is 5.94. The molecule has 63 heavy (non-hydrogen) atoms.